The molecule has 0 spiro atoms. The van der Waals surface area contributed by atoms with Gasteiger partial charge in [-0.15, -0.1) is 0 Å². The van der Waals surface area contributed by atoms with Crippen molar-refractivity contribution in [1.82, 2.24) is 9.78 Å². The minimum atomic E-state index is -0.493. The van der Waals surface area contributed by atoms with Crippen molar-refractivity contribution in [3.63, 3.8) is 0 Å². The molecule has 3 heteroatoms. The number of aliphatic hydroxyl groups excluding tert-OH is 1. The average Bonchev–Trinajstić information content (AvgIpc) is 2.29. The summed E-state index contributed by atoms with van der Waals surface area (Å²) in [6.07, 6.45) is -0.493. The Morgan fingerprint density at radius 1 is 1.46 bits per heavy atom. The quantitative estimate of drug-likeness (QED) is 0.719. The van der Waals surface area contributed by atoms with Gasteiger partial charge in [-0.3, -0.25) is 4.68 Å². The number of hydrogen-bond acceptors (Lipinski definition) is 2. The lowest BCUT2D eigenvalue weighted by atomic mass is 9.87. The average molecular weight is 182 g/mol. The van der Waals surface area contributed by atoms with Gasteiger partial charge in [-0.1, -0.05) is 20.8 Å². The van der Waals surface area contributed by atoms with Crippen LogP contribution < -0.4 is 0 Å². The van der Waals surface area contributed by atoms with Crippen molar-refractivity contribution in [2.45, 2.75) is 33.8 Å². The van der Waals surface area contributed by atoms with Crippen molar-refractivity contribution in [2.24, 2.45) is 12.5 Å². The molecule has 3 nitrogen and oxygen atoms in total. The van der Waals surface area contributed by atoms with Gasteiger partial charge in [0.15, 0.2) is 0 Å². The van der Waals surface area contributed by atoms with E-state index in [9.17, 15) is 5.11 Å². The first-order chi connectivity index (χ1) is 5.82. The maximum absolute atomic E-state index is 9.92. The first-order valence-corrected chi connectivity index (χ1v) is 4.51. The Balaban J connectivity index is 2.96. The summed E-state index contributed by atoms with van der Waals surface area (Å²) in [5.74, 6) is 0. The Hall–Kier alpha value is -0.830. The molecule has 1 N–H and O–H groups in total. The third-order valence-corrected chi connectivity index (χ3v) is 2.23. The van der Waals surface area contributed by atoms with Gasteiger partial charge in [-0.05, 0) is 18.4 Å². The first kappa shape index (κ1) is 10.3. The van der Waals surface area contributed by atoms with E-state index in [0.29, 0.717) is 0 Å². The van der Waals surface area contributed by atoms with Crippen LogP contribution in [0.5, 0.6) is 0 Å². The van der Waals surface area contributed by atoms with Gasteiger partial charge in [0.25, 0.3) is 0 Å². The van der Waals surface area contributed by atoms with Crippen molar-refractivity contribution < 1.29 is 5.11 Å². The fourth-order valence-electron chi connectivity index (χ4n) is 1.17. The summed E-state index contributed by atoms with van der Waals surface area (Å²) in [5.41, 5.74) is 1.67. The van der Waals surface area contributed by atoms with E-state index in [-0.39, 0.29) is 5.41 Å². The van der Waals surface area contributed by atoms with Crippen LogP contribution in [0, 0.1) is 12.3 Å². The highest BCUT2D eigenvalue weighted by Gasteiger charge is 2.26. The Morgan fingerprint density at radius 2 is 2.00 bits per heavy atom. The van der Waals surface area contributed by atoms with Crippen molar-refractivity contribution in [1.29, 1.82) is 0 Å². The lowest BCUT2D eigenvalue weighted by Gasteiger charge is -2.23. The Bertz CT molecular complexity index is 277. The minimum Gasteiger partial charge on any atom is -0.386 e. The van der Waals surface area contributed by atoms with Gasteiger partial charge >= 0.3 is 0 Å². The molecule has 74 valence electrons. The van der Waals surface area contributed by atoms with Crippen LogP contribution in [0.15, 0.2) is 6.07 Å². The molecule has 1 heterocycles. The van der Waals surface area contributed by atoms with E-state index in [0.717, 1.165) is 11.4 Å². The van der Waals surface area contributed by atoms with Crippen molar-refractivity contribution >= 4 is 0 Å². The summed E-state index contributed by atoms with van der Waals surface area (Å²) in [6, 6.07) is 1.93. The molecule has 0 aromatic carbocycles. The Labute approximate surface area is 79.4 Å². The molecule has 1 aromatic rings. The highest BCUT2D eigenvalue weighted by molar-refractivity contribution is 5.12. The lowest BCUT2D eigenvalue weighted by molar-refractivity contribution is 0.0584. The summed E-state index contributed by atoms with van der Waals surface area (Å²) in [7, 11) is 1.88. The van der Waals surface area contributed by atoms with Crippen LogP contribution in [0.4, 0.5) is 0 Å². The van der Waals surface area contributed by atoms with E-state index in [1.807, 2.05) is 40.8 Å². The molecule has 13 heavy (non-hydrogen) atoms. The van der Waals surface area contributed by atoms with E-state index in [1.54, 1.807) is 4.68 Å². The third kappa shape index (κ3) is 2.10. The van der Waals surface area contributed by atoms with Gasteiger partial charge in [0, 0.05) is 12.7 Å². The monoisotopic (exact) mass is 182 g/mol. The lowest BCUT2D eigenvalue weighted by Crippen LogP contribution is -2.18. The van der Waals surface area contributed by atoms with Gasteiger partial charge < -0.3 is 5.11 Å². The molecule has 0 bridgehead atoms. The fourth-order valence-corrected chi connectivity index (χ4v) is 1.17. The van der Waals surface area contributed by atoms with Crippen molar-refractivity contribution in [3.05, 3.63) is 17.5 Å². The predicted octanol–water partition coefficient (Wildman–Crippen LogP) is 1.81. The SMILES string of the molecule is Cc1cc(C(O)C(C)(C)C)nn1C. The molecule has 0 aliphatic rings. The van der Waals surface area contributed by atoms with E-state index in [1.165, 1.54) is 0 Å². The van der Waals surface area contributed by atoms with Gasteiger partial charge in [0.1, 0.15) is 6.10 Å². The zero-order valence-electron chi connectivity index (χ0n) is 9.00. The zero-order chi connectivity index (χ0) is 10.2. The molecule has 0 saturated heterocycles. The van der Waals surface area contributed by atoms with E-state index >= 15 is 0 Å². The Kier molecular flexibility index (Phi) is 2.48. The molecule has 0 aliphatic carbocycles. The predicted molar refractivity (Wildman–Crippen MR) is 52.4 cm³/mol. The van der Waals surface area contributed by atoms with Crippen LogP contribution in [0.25, 0.3) is 0 Å². The Morgan fingerprint density at radius 3 is 2.31 bits per heavy atom. The molecule has 0 amide bonds. The molecule has 0 aliphatic heterocycles. The smallest absolute Gasteiger partial charge is 0.103 e. The summed E-state index contributed by atoms with van der Waals surface area (Å²) >= 11 is 0. The maximum atomic E-state index is 9.92. The summed E-state index contributed by atoms with van der Waals surface area (Å²) in [4.78, 5) is 0. The normalized spacial score (nSPS) is 14.6. The van der Waals surface area contributed by atoms with Gasteiger partial charge in [-0.2, -0.15) is 5.10 Å². The number of nitrogens with zero attached hydrogens (tertiary/aromatic N) is 2. The van der Waals surface area contributed by atoms with E-state index in [2.05, 4.69) is 5.10 Å². The van der Waals surface area contributed by atoms with E-state index in [4.69, 9.17) is 0 Å². The highest BCUT2D eigenvalue weighted by atomic mass is 16.3. The molecule has 1 atom stereocenters. The molecule has 0 saturated carbocycles. The maximum Gasteiger partial charge on any atom is 0.103 e. The molecule has 0 fully saturated rings. The van der Waals surface area contributed by atoms with Crippen LogP contribution in [0.2, 0.25) is 0 Å². The third-order valence-electron chi connectivity index (χ3n) is 2.23. The van der Waals surface area contributed by atoms with Crippen LogP contribution in [-0.4, -0.2) is 14.9 Å². The molecule has 1 unspecified atom stereocenters. The topological polar surface area (TPSA) is 38.1 Å². The number of hydrogen-bond donors (Lipinski definition) is 1. The summed E-state index contributed by atoms with van der Waals surface area (Å²) < 4.78 is 1.78. The standard InChI is InChI=1S/C10H18N2O/c1-7-6-8(11-12(7)5)9(13)10(2,3)4/h6,9,13H,1-5H3. The molecular formula is C10H18N2O. The second-order valence-electron chi connectivity index (χ2n) is 4.60. The highest BCUT2D eigenvalue weighted by Crippen LogP contribution is 2.31. The van der Waals surface area contributed by atoms with Crippen molar-refractivity contribution in [3.8, 4) is 0 Å². The second kappa shape index (κ2) is 3.14. The molecule has 1 rings (SSSR count). The summed E-state index contributed by atoms with van der Waals surface area (Å²) in [5, 5.41) is 14.2. The van der Waals surface area contributed by atoms with Gasteiger partial charge in [0.05, 0.1) is 5.69 Å². The minimum absolute atomic E-state index is 0.152. The van der Waals surface area contributed by atoms with E-state index < -0.39 is 6.10 Å². The first-order valence-electron chi connectivity index (χ1n) is 4.51. The number of aromatic nitrogens is 2. The number of rotatable bonds is 1. The van der Waals surface area contributed by atoms with Gasteiger partial charge in [-0.25, -0.2) is 0 Å². The molecule has 0 radical (unpaired) electrons. The summed E-state index contributed by atoms with van der Waals surface area (Å²) in [6.45, 7) is 7.98. The number of aryl methyl sites for hydroxylation is 2. The van der Waals surface area contributed by atoms with Crippen LogP contribution >= 0.6 is 0 Å². The van der Waals surface area contributed by atoms with Gasteiger partial charge in [0.2, 0.25) is 0 Å². The molecular weight excluding hydrogens is 164 g/mol. The zero-order valence-corrected chi connectivity index (χ0v) is 9.00. The van der Waals surface area contributed by atoms with Crippen LogP contribution in [0.3, 0.4) is 0 Å². The molecule has 1 aromatic heterocycles. The van der Waals surface area contributed by atoms with Crippen LogP contribution in [-0.2, 0) is 7.05 Å². The largest absolute Gasteiger partial charge is 0.386 e. The fraction of sp³-hybridized carbons (Fsp3) is 0.700. The van der Waals surface area contributed by atoms with Crippen LogP contribution in [0.1, 0.15) is 38.3 Å². The van der Waals surface area contributed by atoms with Crippen molar-refractivity contribution in [2.75, 3.05) is 0 Å². The second-order valence-corrected chi connectivity index (χ2v) is 4.60. The number of aliphatic hydroxyl groups is 1.